The van der Waals surface area contributed by atoms with Crippen LogP contribution in [0.3, 0.4) is 0 Å². The zero-order chi connectivity index (χ0) is 7.33. The van der Waals surface area contributed by atoms with Crippen molar-refractivity contribution in [1.82, 2.24) is 0 Å². The topological polar surface area (TPSA) is 63.3 Å². The van der Waals surface area contributed by atoms with Gasteiger partial charge in [0.25, 0.3) is 0 Å². The Balaban J connectivity index is 0. The molecular weight excluding hydrogens is 164 g/mol. The Morgan fingerprint density at radius 2 is 2.10 bits per heavy atom. The van der Waals surface area contributed by atoms with E-state index in [4.69, 9.17) is 10.6 Å². The maximum Gasteiger partial charge on any atom is 3.00 e. The fourth-order valence-electron chi connectivity index (χ4n) is 0.496. The van der Waals surface area contributed by atoms with Gasteiger partial charge in [0.2, 0.25) is 0 Å². The van der Waals surface area contributed by atoms with E-state index in [9.17, 15) is 4.57 Å². The molecular formula is C5H14AlNO2P+3. The van der Waals surface area contributed by atoms with Gasteiger partial charge in [-0.05, 0) is 13.0 Å². The Hall–Kier alpha value is 0.682. The van der Waals surface area contributed by atoms with Crippen molar-refractivity contribution >= 4 is 24.7 Å². The van der Waals surface area contributed by atoms with Crippen LogP contribution in [-0.2, 0) is 4.57 Å². The molecule has 0 saturated carbocycles. The Morgan fingerprint density at radius 3 is 2.40 bits per heavy atom. The summed E-state index contributed by atoms with van der Waals surface area (Å²) in [7, 11) is -2.77. The second kappa shape index (κ2) is 6.40. The Bertz CT molecular complexity index is 120. The molecule has 0 heterocycles. The summed E-state index contributed by atoms with van der Waals surface area (Å²) in [5.74, 6) is 0. The van der Waals surface area contributed by atoms with Crippen LogP contribution >= 0.6 is 7.37 Å². The largest absolute Gasteiger partial charge is 3.00 e. The third kappa shape index (κ3) is 6.80. The molecule has 0 aromatic rings. The normalized spacial score (nSPS) is 15.5. The van der Waals surface area contributed by atoms with Crippen molar-refractivity contribution in [2.75, 3.05) is 18.9 Å². The average Bonchev–Trinajstić information content (AvgIpc) is 1.84. The van der Waals surface area contributed by atoms with E-state index in [1.807, 2.05) is 0 Å². The molecule has 3 nitrogen and oxygen atoms in total. The van der Waals surface area contributed by atoms with Crippen molar-refractivity contribution in [2.45, 2.75) is 13.3 Å². The van der Waals surface area contributed by atoms with Crippen LogP contribution in [0, 0.1) is 0 Å². The molecule has 0 aliphatic carbocycles. The number of nitrogens with two attached hydrogens (primary N) is 1. The minimum absolute atomic E-state index is 0. The van der Waals surface area contributed by atoms with E-state index in [1.165, 1.54) is 0 Å². The molecule has 0 spiro atoms. The van der Waals surface area contributed by atoms with Gasteiger partial charge >= 0.3 is 17.4 Å². The summed E-state index contributed by atoms with van der Waals surface area (Å²) < 4.78 is 10.8. The van der Waals surface area contributed by atoms with E-state index in [-0.39, 0.29) is 17.4 Å². The van der Waals surface area contributed by atoms with Gasteiger partial charge < -0.3 is 10.6 Å². The SMILES string of the molecule is CCP(=O)(O)CCCN.[Al+3]. The molecule has 0 aromatic carbocycles. The molecule has 56 valence electrons. The molecule has 0 bridgehead atoms. The summed E-state index contributed by atoms with van der Waals surface area (Å²) in [5, 5.41) is 0. The van der Waals surface area contributed by atoms with E-state index in [2.05, 4.69) is 0 Å². The standard InChI is InChI=1S/C5H14NO2P.Al/c1-2-9(7,8)5-3-4-6;/h2-6H2,1H3,(H,7,8);/q;+3. The van der Waals surface area contributed by atoms with Gasteiger partial charge in [-0.2, -0.15) is 0 Å². The van der Waals surface area contributed by atoms with Gasteiger partial charge in [0.15, 0.2) is 7.37 Å². The summed E-state index contributed by atoms with van der Waals surface area (Å²) in [5.41, 5.74) is 5.16. The van der Waals surface area contributed by atoms with Crippen molar-refractivity contribution < 1.29 is 9.46 Å². The first-order valence-electron chi connectivity index (χ1n) is 3.13. The van der Waals surface area contributed by atoms with Crippen LogP contribution in [0.25, 0.3) is 0 Å². The van der Waals surface area contributed by atoms with Gasteiger partial charge in [0.05, 0.1) is 0 Å². The molecule has 0 rings (SSSR count). The minimum Gasteiger partial charge on any atom is -0.344 e. The van der Waals surface area contributed by atoms with Gasteiger partial charge in [-0.1, -0.05) is 6.92 Å². The zero-order valence-electron chi connectivity index (χ0n) is 6.29. The minimum atomic E-state index is -2.77. The smallest absolute Gasteiger partial charge is 0.344 e. The maximum atomic E-state index is 10.8. The summed E-state index contributed by atoms with van der Waals surface area (Å²) in [4.78, 5) is 8.95. The molecule has 0 radical (unpaired) electrons. The number of rotatable bonds is 4. The monoisotopic (exact) mass is 178 g/mol. The van der Waals surface area contributed by atoms with E-state index in [0.29, 0.717) is 25.3 Å². The van der Waals surface area contributed by atoms with Crippen molar-refractivity contribution in [2.24, 2.45) is 5.73 Å². The van der Waals surface area contributed by atoms with Crippen LogP contribution in [0.2, 0.25) is 0 Å². The van der Waals surface area contributed by atoms with Gasteiger partial charge in [0.1, 0.15) is 0 Å². The third-order valence-electron chi connectivity index (χ3n) is 1.21. The van der Waals surface area contributed by atoms with Crippen molar-refractivity contribution in [3.63, 3.8) is 0 Å². The second-order valence-corrected chi connectivity index (χ2v) is 4.80. The Morgan fingerprint density at radius 1 is 1.60 bits per heavy atom. The van der Waals surface area contributed by atoms with Crippen molar-refractivity contribution in [3.8, 4) is 0 Å². The fraction of sp³-hybridized carbons (Fsp3) is 1.00. The zero-order valence-corrected chi connectivity index (χ0v) is 8.33. The van der Waals surface area contributed by atoms with Crippen LogP contribution in [-0.4, -0.2) is 41.1 Å². The fourth-order valence-corrected chi connectivity index (χ4v) is 1.49. The Labute approximate surface area is 72.6 Å². The molecule has 0 aliphatic heterocycles. The number of hydrogen-bond donors (Lipinski definition) is 2. The Kier molecular flexibility index (Phi) is 8.50. The summed E-state index contributed by atoms with van der Waals surface area (Å²) in [6.45, 7) is 2.22. The van der Waals surface area contributed by atoms with Gasteiger partial charge in [0, 0.05) is 12.3 Å². The molecule has 1 atom stereocenters. The van der Waals surface area contributed by atoms with Crippen LogP contribution in [0.1, 0.15) is 13.3 Å². The molecule has 10 heavy (non-hydrogen) atoms. The van der Waals surface area contributed by atoms with Crippen LogP contribution < -0.4 is 5.73 Å². The van der Waals surface area contributed by atoms with Crippen LogP contribution in [0.4, 0.5) is 0 Å². The van der Waals surface area contributed by atoms with Crippen molar-refractivity contribution in [3.05, 3.63) is 0 Å². The summed E-state index contributed by atoms with van der Waals surface area (Å²) in [6.07, 6.45) is 1.40. The molecule has 3 N–H and O–H groups in total. The molecule has 0 aliphatic rings. The first kappa shape index (κ1) is 13.3. The molecule has 0 saturated heterocycles. The van der Waals surface area contributed by atoms with Gasteiger partial charge in [-0.25, -0.2) is 0 Å². The van der Waals surface area contributed by atoms with Crippen molar-refractivity contribution in [1.29, 1.82) is 0 Å². The van der Waals surface area contributed by atoms with Crippen LogP contribution in [0.5, 0.6) is 0 Å². The average molecular weight is 178 g/mol. The predicted molar refractivity (Wildman–Crippen MR) is 44.7 cm³/mol. The molecule has 5 heteroatoms. The van der Waals surface area contributed by atoms with E-state index in [0.717, 1.165) is 0 Å². The second-order valence-electron chi connectivity index (χ2n) is 2.03. The van der Waals surface area contributed by atoms with E-state index >= 15 is 0 Å². The van der Waals surface area contributed by atoms with Gasteiger partial charge in [-0.15, -0.1) is 0 Å². The summed E-state index contributed by atoms with van der Waals surface area (Å²) in [6, 6.07) is 0. The first-order valence-corrected chi connectivity index (χ1v) is 5.16. The third-order valence-corrected chi connectivity index (χ3v) is 3.21. The first-order chi connectivity index (χ1) is 4.12. The predicted octanol–water partition coefficient (Wildman–Crippen LogP) is 0.245. The maximum absolute atomic E-state index is 10.8. The molecule has 0 aromatic heterocycles. The number of hydrogen-bond acceptors (Lipinski definition) is 2. The quantitative estimate of drug-likeness (QED) is 0.479. The van der Waals surface area contributed by atoms with E-state index < -0.39 is 7.37 Å². The molecule has 0 fully saturated rings. The molecule has 1 unspecified atom stereocenters. The van der Waals surface area contributed by atoms with Crippen LogP contribution in [0.15, 0.2) is 0 Å². The molecule has 0 amide bonds. The van der Waals surface area contributed by atoms with E-state index in [1.54, 1.807) is 6.92 Å². The summed E-state index contributed by atoms with van der Waals surface area (Å²) >= 11 is 0. The van der Waals surface area contributed by atoms with Gasteiger partial charge in [-0.3, -0.25) is 4.57 Å².